The molecule has 0 saturated carbocycles. The van der Waals surface area contributed by atoms with Crippen molar-refractivity contribution in [3.63, 3.8) is 0 Å². The van der Waals surface area contributed by atoms with Crippen molar-refractivity contribution < 1.29 is 37.6 Å². The van der Waals surface area contributed by atoms with Crippen LogP contribution >= 0.6 is 7.82 Å². The first-order valence-electron chi connectivity index (χ1n) is 23.4. The molecule has 0 amide bonds. The summed E-state index contributed by atoms with van der Waals surface area (Å²) in [6.07, 6.45) is 55.0. The standard InChI is InChI=1S/C49H86NO8P/c1-3-5-7-9-11-13-15-17-19-21-23-25-27-29-31-33-35-37-39-41-48(51)55-45-47(46-57-59(53,54)56-44-43-50)58-49(52)42-40-38-36-34-32-30-28-26-24-22-20-18-16-14-12-10-8-6-4-2/h6,8,12,14,17-20,24,26,30,32,47H,3-5,7,9-11,13,15-16,21-23,25,27-29,31,33-46,50H2,1-2H3,(H,53,54). The van der Waals surface area contributed by atoms with Crippen LogP contribution in [0.4, 0.5) is 0 Å². The number of esters is 2. The second-order valence-corrected chi connectivity index (χ2v) is 16.7. The molecule has 2 unspecified atom stereocenters. The van der Waals surface area contributed by atoms with Crippen LogP contribution in [0.15, 0.2) is 72.9 Å². The summed E-state index contributed by atoms with van der Waals surface area (Å²) in [5.41, 5.74) is 5.35. The highest BCUT2D eigenvalue weighted by Crippen LogP contribution is 2.43. The lowest BCUT2D eigenvalue weighted by molar-refractivity contribution is -0.161. The van der Waals surface area contributed by atoms with Crippen LogP contribution in [0, 0.1) is 0 Å². The minimum Gasteiger partial charge on any atom is -0.462 e. The minimum atomic E-state index is -4.39. The number of nitrogens with two attached hydrogens (primary N) is 1. The molecule has 0 aromatic carbocycles. The largest absolute Gasteiger partial charge is 0.472 e. The van der Waals surface area contributed by atoms with Crippen molar-refractivity contribution in [3.05, 3.63) is 72.9 Å². The highest BCUT2D eigenvalue weighted by Gasteiger charge is 2.26. The Hall–Kier alpha value is -2.55. The van der Waals surface area contributed by atoms with Crippen LogP contribution in [0.25, 0.3) is 0 Å². The third kappa shape index (κ3) is 44.8. The predicted octanol–water partition coefficient (Wildman–Crippen LogP) is 13.8. The monoisotopic (exact) mass is 848 g/mol. The van der Waals surface area contributed by atoms with Crippen molar-refractivity contribution in [1.82, 2.24) is 0 Å². The maximum Gasteiger partial charge on any atom is 0.472 e. The van der Waals surface area contributed by atoms with Crippen molar-refractivity contribution in [1.29, 1.82) is 0 Å². The number of hydrogen-bond acceptors (Lipinski definition) is 8. The second kappa shape index (κ2) is 45.0. The Morgan fingerprint density at radius 3 is 1.42 bits per heavy atom. The normalized spacial score (nSPS) is 13.9. The average Bonchev–Trinajstić information content (AvgIpc) is 3.22. The lowest BCUT2D eigenvalue weighted by Crippen LogP contribution is -2.29. The van der Waals surface area contributed by atoms with Crippen molar-refractivity contribution in [3.8, 4) is 0 Å². The Balaban J connectivity index is 4.18. The van der Waals surface area contributed by atoms with Gasteiger partial charge in [0.05, 0.1) is 13.2 Å². The summed E-state index contributed by atoms with van der Waals surface area (Å²) in [6.45, 7) is 3.57. The zero-order valence-corrected chi connectivity index (χ0v) is 38.4. The van der Waals surface area contributed by atoms with Gasteiger partial charge in [0.1, 0.15) is 6.61 Å². The van der Waals surface area contributed by atoms with Crippen molar-refractivity contribution in [2.45, 2.75) is 200 Å². The molecule has 0 aliphatic rings. The summed E-state index contributed by atoms with van der Waals surface area (Å²) in [6, 6.07) is 0. The van der Waals surface area contributed by atoms with Gasteiger partial charge in [0.25, 0.3) is 0 Å². The molecule has 0 radical (unpaired) electrons. The highest BCUT2D eigenvalue weighted by molar-refractivity contribution is 7.47. The van der Waals surface area contributed by atoms with E-state index in [2.05, 4.69) is 86.8 Å². The topological polar surface area (TPSA) is 134 Å². The quantitative estimate of drug-likeness (QED) is 0.0266. The number of carbonyl (C=O) groups excluding carboxylic acids is 2. The van der Waals surface area contributed by atoms with Crippen molar-refractivity contribution in [2.75, 3.05) is 26.4 Å². The number of unbranched alkanes of at least 4 members (excludes halogenated alkanes) is 18. The zero-order valence-electron chi connectivity index (χ0n) is 37.5. The number of hydrogen-bond donors (Lipinski definition) is 2. The lowest BCUT2D eigenvalue weighted by Gasteiger charge is -2.19. The maximum absolute atomic E-state index is 12.6. The SMILES string of the molecule is CCC=CCC=CCC=CCC=CCC=CCCCCCC(=O)OC(COC(=O)CCCCCCCCCCCC=CCCCCCCCC)COP(=O)(O)OCCN. The second-order valence-electron chi connectivity index (χ2n) is 15.2. The molecule has 0 rings (SSSR count). The Bertz CT molecular complexity index is 1190. The van der Waals surface area contributed by atoms with E-state index in [1.807, 2.05) is 0 Å². The van der Waals surface area contributed by atoms with Crippen LogP contribution in [0.5, 0.6) is 0 Å². The van der Waals surface area contributed by atoms with Gasteiger partial charge in [-0.3, -0.25) is 18.6 Å². The van der Waals surface area contributed by atoms with E-state index in [9.17, 15) is 19.0 Å². The first-order valence-corrected chi connectivity index (χ1v) is 24.9. The van der Waals surface area contributed by atoms with E-state index < -0.39 is 32.5 Å². The summed E-state index contributed by atoms with van der Waals surface area (Å²) in [5, 5.41) is 0. The fourth-order valence-electron chi connectivity index (χ4n) is 6.13. The van der Waals surface area contributed by atoms with Crippen LogP contribution in [-0.2, 0) is 32.7 Å². The highest BCUT2D eigenvalue weighted by atomic mass is 31.2. The first-order chi connectivity index (χ1) is 28.8. The molecule has 59 heavy (non-hydrogen) atoms. The maximum atomic E-state index is 12.6. The van der Waals surface area contributed by atoms with Crippen LogP contribution in [0.1, 0.15) is 194 Å². The van der Waals surface area contributed by atoms with Gasteiger partial charge in [0.2, 0.25) is 0 Å². The Kier molecular flexibility index (Phi) is 43.0. The van der Waals surface area contributed by atoms with Gasteiger partial charge in [0.15, 0.2) is 6.10 Å². The van der Waals surface area contributed by atoms with Gasteiger partial charge >= 0.3 is 19.8 Å². The molecule has 0 aliphatic heterocycles. The minimum absolute atomic E-state index is 0.0441. The molecule has 0 saturated heterocycles. The van der Waals surface area contributed by atoms with Gasteiger partial charge in [-0.05, 0) is 83.5 Å². The molecule has 3 N–H and O–H groups in total. The number of allylic oxidation sites excluding steroid dienone is 12. The van der Waals surface area contributed by atoms with E-state index in [0.29, 0.717) is 6.42 Å². The first kappa shape index (κ1) is 56.5. The number of ether oxygens (including phenoxy) is 2. The molecule has 0 heterocycles. The van der Waals surface area contributed by atoms with Crippen LogP contribution in [0.3, 0.4) is 0 Å². The van der Waals surface area contributed by atoms with Crippen LogP contribution in [-0.4, -0.2) is 49.3 Å². The summed E-state index contributed by atoms with van der Waals surface area (Å²) in [4.78, 5) is 35.0. The number of phosphoric acid groups is 1. The molecule has 2 atom stereocenters. The van der Waals surface area contributed by atoms with Crippen molar-refractivity contribution in [2.24, 2.45) is 5.73 Å². The van der Waals surface area contributed by atoms with Gasteiger partial charge in [-0.15, -0.1) is 0 Å². The van der Waals surface area contributed by atoms with Gasteiger partial charge in [-0.2, -0.15) is 0 Å². The van der Waals surface area contributed by atoms with Crippen LogP contribution < -0.4 is 5.73 Å². The lowest BCUT2D eigenvalue weighted by atomic mass is 10.1. The number of phosphoric ester groups is 1. The fourth-order valence-corrected chi connectivity index (χ4v) is 6.89. The van der Waals surface area contributed by atoms with Gasteiger partial charge in [0, 0.05) is 19.4 Å². The van der Waals surface area contributed by atoms with E-state index in [-0.39, 0.29) is 32.6 Å². The smallest absolute Gasteiger partial charge is 0.462 e. The predicted molar refractivity (Wildman–Crippen MR) is 247 cm³/mol. The Morgan fingerprint density at radius 2 is 0.932 bits per heavy atom. The van der Waals surface area contributed by atoms with E-state index in [1.54, 1.807) is 0 Å². The number of carbonyl (C=O) groups is 2. The third-order valence-electron chi connectivity index (χ3n) is 9.58. The summed E-state index contributed by atoms with van der Waals surface area (Å²) in [5.74, 6) is -0.871. The van der Waals surface area contributed by atoms with E-state index in [4.69, 9.17) is 24.3 Å². The van der Waals surface area contributed by atoms with Gasteiger partial charge < -0.3 is 20.1 Å². The molecule has 0 fully saturated rings. The van der Waals surface area contributed by atoms with E-state index in [0.717, 1.165) is 70.6 Å². The molecule has 0 bridgehead atoms. The fraction of sp³-hybridized carbons (Fsp3) is 0.714. The molecule has 9 nitrogen and oxygen atoms in total. The molecule has 0 aromatic rings. The summed E-state index contributed by atoms with van der Waals surface area (Å²) < 4.78 is 32.8. The van der Waals surface area contributed by atoms with E-state index >= 15 is 0 Å². The average molecular weight is 848 g/mol. The third-order valence-corrected chi connectivity index (χ3v) is 10.6. The molecule has 0 aliphatic carbocycles. The van der Waals surface area contributed by atoms with Gasteiger partial charge in [-0.25, -0.2) is 4.57 Å². The van der Waals surface area contributed by atoms with Gasteiger partial charge in [-0.1, -0.05) is 170 Å². The van der Waals surface area contributed by atoms with Crippen molar-refractivity contribution >= 4 is 19.8 Å². The molecule has 0 aromatic heterocycles. The molecular weight excluding hydrogens is 762 g/mol. The summed E-state index contributed by atoms with van der Waals surface area (Å²) >= 11 is 0. The Labute approximate surface area is 361 Å². The number of rotatable bonds is 43. The Morgan fingerprint density at radius 1 is 0.525 bits per heavy atom. The molecule has 10 heteroatoms. The zero-order chi connectivity index (χ0) is 43.2. The molecular formula is C49H86NO8P. The molecule has 340 valence electrons. The van der Waals surface area contributed by atoms with E-state index in [1.165, 1.54) is 89.9 Å². The van der Waals surface area contributed by atoms with Crippen LogP contribution in [0.2, 0.25) is 0 Å². The molecule has 0 spiro atoms. The summed E-state index contributed by atoms with van der Waals surface area (Å²) in [7, 11) is -4.39.